The van der Waals surface area contributed by atoms with Gasteiger partial charge in [0.2, 0.25) is 0 Å². The molecule has 0 spiro atoms. The third-order valence-corrected chi connectivity index (χ3v) is 4.85. The molecule has 1 heterocycles. The molecule has 2 bridgehead atoms. The Kier molecular flexibility index (Phi) is 2.91. The topological polar surface area (TPSA) is 29.3 Å². The van der Waals surface area contributed by atoms with Gasteiger partial charge in [-0.25, -0.2) is 0 Å². The van der Waals surface area contributed by atoms with Gasteiger partial charge >= 0.3 is 0 Å². The fraction of sp³-hybridized carbons (Fsp3) is 0.571. The summed E-state index contributed by atoms with van der Waals surface area (Å²) in [5.41, 5.74) is 8.46. The third kappa shape index (κ3) is 2.00. The van der Waals surface area contributed by atoms with Gasteiger partial charge in [-0.2, -0.15) is 0 Å². The highest BCUT2D eigenvalue weighted by molar-refractivity contribution is 9.10. The zero-order valence-electron chi connectivity index (χ0n) is 10.2. The maximum absolute atomic E-state index is 5.91. The van der Waals surface area contributed by atoms with Crippen LogP contribution in [-0.4, -0.2) is 12.6 Å². The summed E-state index contributed by atoms with van der Waals surface area (Å²) in [5, 5.41) is 0. The molecule has 1 saturated carbocycles. The minimum atomic E-state index is 0.107. The average Bonchev–Trinajstić information content (AvgIpc) is 2.90. The van der Waals surface area contributed by atoms with Crippen LogP contribution in [0.2, 0.25) is 0 Å². The van der Waals surface area contributed by atoms with Gasteiger partial charge in [0.05, 0.1) is 5.69 Å². The first kappa shape index (κ1) is 11.5. The molecule has 2 fully saturated rings. The van der Waals surface area contributed by atoms with Crippen LogP contribution in [0, 0.1) is 5.92 Å². The van der Waals surface area contributed by atoms with E-state index in [4.69, 9.17) is 5.73 Å². The summed E-state index contributed by atoms with van der Waals surface area (Å²) >= 11 is 3.70. The van der Waals surface area contributed by atoms with Gasteiger partial charge in [0.15, 0.2) is 0 Å². The van der Waals surface area contributed by atoms with Crippen LogP contribution in [0.5, 0.6) is 0 Å². The van der Waals surface area contributed by atoms with Crippen LogP contribution in [0.3, 0.4) is 0 Å². The Bertz CT molecular complexity index is 430. The molecule has 0 radical (unpaired) electrons. The fourth-order valence-electron chi connectivity index (χ4n) is 3.26. The van der Waals surface area contributed by atoms with E-state index in [1.165, 1.54) is 41.5 Å². The highest BCUT2D eigenvalue weighted by atomic mass is 79.9. The summed E-state index contributed by atoms with van der Waals surface area (Å²) in [4.78, 5) is 2.57. The lowest BCUT2D eigenvalue weighted by atomic mass is 10.1. The molecule has 0 aromatic heterocycles. The van der Waals surface area contributed by atoms with Gasteiger partial charge in [0, 0.05) is 23.1 Å². The fourth-order valence-corrected chi connectivity index (χ4v) is 3.88. The van der Waals surface area contributed by atoms with Crippen molar-refractivity contribution in [3.8, 4) is 0 Å². The lowest BCUT2D eigenvalue weighted by Gasteiger charge is -2.30. The van der Waals surface area contributed by atoms with Crippen molar-refractivity contribution in [3.05, 3.63) is 28.2 Å². The van der Waals surface area contributed by atoms with Gasteiger partial charge in [0.25, 0.3) is 0 Å². The molecule has 2 aliphatic rings. The van der Waals surface area contributed by atoms with Crippen molar-refractivity contribution >= 4 is 21.6 Å². The van der Waals surface area contributed by atoms with Gasteiger partial charge in [-0.1, -0.05) is 6.07 Å². The van der Waals surface area contributed by atoms with Gasteiger partial charge in [-0.05, 0) is 65.7 Å². The first-order valence-corrected chi connectivity index (χ1v) is 7.26. The number of anilines is 1. The van der Waals surface area contributed by atoms with Gasteiger partial charge in [-0.3, -0.25) is 0 Å². The molecule has 3 rings (SSSR count). The van der Waals surface area contributed by atoms with Crippen molar-refractivity contribution in [2.24, 2.45) is 11.7 Å². The average molecular weight is 295 g/mol. The minimum Gasteiger partial charge on any atom is -0.367 e. The second kappa shape index (κ2) is 4.29. The van der Waals surface area contributed by atoms with Crippen LogP contribution < -0.4 is 10.6 Å². The highest BCUT2D eigenvalue weighted by Crippen LogP contribution is 2.42. The van der Waals surface area contributed by atoms with Crippen LogP contribution in [0.1, 0.15) is 37.8 Å². The molecule has 3 unspecified atom stereocenters. The molecule has 1 aromatic rings. The Labute approximate surface area is 111 Å². The molecule has 0 amide bonds. The molecule has 92 valence electrons. The standard InChI is InChI=1S/C14H19BrN2/c1-9(16)11-3-5-14(13(15)7-11)17-8-10-2-4-12(17)6-10/h3,5,7,9-10,12H,2,4,6,8,16H2,1H3. The molecule has 3 heteroatoms. The van der Waals surface area contributed by atoms with Crippen molar-refractivity contribution in [1.82, 2.24) is 0 Å². The van der Waals surface area contributed by atoms with Crippen molar-refractivity contribution in [2.45, 2.75) is 38.3 Å². The van der Waals surface area contributed by atoms with E-state index in [1.54, 1.807) is 0 Å². The van der Waals surface area contributed by atoms with Gasteiger partial charge in [-0.15, -0.1) is 0 Å². The number of piperidine rings is 1. The van der Waals surface area contributed by atoms with Crippen LogP contribution in [-0.2, 0) is 0 Å². The van der Waals surface area contributed by atoms with Gasteiger partial charge < -0.3 is 10.6 Å². The molecule has 1 aliphatic carbocycles. The smallest absolute Gasteiger partial charge is 0.0513 e. The third-order valence-electron chi connectivity index (χ3n) is 4.22. The molecular weight excluding hydrogens is 276 g/mol. The number of halogens is 1. The van der Waals surface area contributed by atoms with E-state index in [0.29, 0.717) is 0 Å². The lowest BCUT2D eigenvalue weighted by Crippen LogP contribution is -2.32. The molecule has 1 aromatic carbocycles. The van der Waals surface area contributed by atoms with Crippen LogP contribution in [0.15, 0.2) is 22.7 Å². The van der Waals surface area contributed by atoms with E-state index in [9.17, 15) is 0 Å². The number of nitrogens with two attached hydrogens (primary N) is 1. The predicted octanol–water partition coefficient (Wildman–Crippen LogP) is 3.46. The van der Waals surface area contributed by atoms with Crippen LogP contribution in [0.4, 0.5) is 5.69 Å². The Balaban J connectivity index is 1.89. The quantitative estimate of drug-likeness (QED) is 0.905. The zero-order valence-corrected chi connectivity index (χ0v) is 11.8. The van der Waals surface area contributed by atoms with E-state index in [-0.39, 0.29) is 6.04 Å². The van der Waals surface area contributed by atoms with Crippen molar-refractivity contribution in [2.75, 3.05) is 11.4 Å². The molecule has 2 nitrogen and oxygen atoms in total. The summed E-state index contributed by atoms with van der Waals surface area (Å²) in [5.74, 6) is 0.931. The van der Waals surface area contributed by atoms with Crippen molar-refractivity contribution < 1.29 is 0 Å². The van der Waals surface area contributed by atoms with Crippen molar-refractivity contribution in [1.29, 1.82) is 0 Å². The van der Waals surface area contributed by atoms with Gasteiger partial charge in [0.1, 0.15) is 0 Å². The first-order valence-electron chi connectivity index (χ1n) is 6.47. The molecule has 1 saturated heterocycles. The highest BCUT2D eigenvalue weighted by Gasteiger charge is 2.38. The number of rotatable bonds is 2. The molecular formula is C14H19BrN2. The molecule has 2 N–H and O–H groups in total. The van der Waals surface area contributed by atoms with Crippen molar-refractivity contribution in [3.63, 3.8) is 0 Å². The lowest BCUT2D eigenvalue weighted by molar-refractivity contribution is 0.553. The second-order valence-electron chi connectivity index (χ2n) is 5.48. The predicted molar refractivity (Wildman–Crippen MR) is 75.2 cm³/mol. The number of fused-ring (bicyclic) bond motifs is 2. The maximum Gasteiger partial charge on any atom is 0.0513 e. The van der Waals surface area contributed by atoms with E-state index < -0.39 is 0 Å². The summed E-state index contributed by atoms with van der Waals surface area (Å²) in [6.07, 6.45) is 4.18. The number of hydrogen-bond donors (Lipinski definition) is 1. The van der Waals surface area contributed by atoms with Crippen LogP contribution >= 0.6 is 15.9 Å². The Hall–Kier alpha value is -0.540. The van der Waals surface area contributed by atoms with E-state index in [1.807, 2.05) is 6.92 Å². The second-order valence-corrected chi connectivity index (χ2v) is 6.34. The first-order chi connectivity index (χ1) is 8.15. The summed E-state index contributed by atoms with van der Waals surface area (Å²) < 4.78 is 1.19. The molecule has 3 atom stereocenters. The van der Waals surface area contributed by atoms with E-state index >= 15 is 0 Å². The summed E-state index contributed by atoms with van der Waals surface area (Å²) in [7, 11) is 0. The largest absolute Gasteiger partial charge is 0.367 e. The van der Waals surface area contributed by atoms with E-state index in [0.717, 1.165) is 12.0 Å². The normalized spacial score (nSPS) is 28.8. The SMILES string of the molecule is CC(N)c1ccc(N2CC3CCC2C3)c(Br)c1. The number of benzene rings is 1. The molecule has 1 aliphatic heterocycles. The monoisotopic (exact) mass is 294 g/mol. The Morgan fingerprint density at radius 3 is 2.76 bits per heavy atom. The van der Waals surface area contributed by atoms with Crippen LogP contribution in [0.25, 0.3) is 0 Å². The Morgan fingerprint density at radius 2 is 2.24 bits per heavy atom. The number of nitrogens with zero attached hydrogens (tertiary/aromatic N) is 1. The minimum absolute atomic E-state index is 0.107. The maximum atomic E-state index is 5.91. The van der Waals surface area contributed by atoms with E-state index in [2.05, 4.69) is 39.0 Å². The zero-order chi connectivity index (χ0) is 12.0. The molecule has 17 heavy (non-hydrogen) atoms. The number of hydrogen-bond acceptors (Lipinski definition) is 2. The Morgan fingerprint density at radius 1 is 1.41 bits per heavy atom. The summed E-state index contributed by atoms with van der Waals surface area (Å²) in [6.45, 7) is 3.26. The summed E-state index contributed by atoms with van der Waals surface area (Å²) in [6, 6.07) is 7.44.